The summed E-state index contributed by atoms with van der Waals surface area (Å²) in [4.78, 5) is 10.1. The van der Waals surface area contributed by atoms with Crippen molar-refractivity contribution in [1.82, 2.24) is 15.3 Å². The van der Waals surface area contributed by atoms with Crippen molar-refractivity contribution in [2.45, 2.75) is 37.4 Å². The number of aryl methyl sites for hydroxylation is 2. The molecular weight excluding hydrogens is 254 g/mol. The lowest BCUT2D eigenvalue weighted by Gasteiger charge is -2.05. The quantitative estimate of drug-likeness (QED) is 0.848. The minimum absolute atomic E-state index is 0.817. The van der Waals surface area contributed by atoms with Crippen molar-refractivity contribution in [2.24, 2.45) is 0 Å². The SMILES string of the molecule is CCNCc1ccc(Sc2nc(C)cc(C)n2)cc1. The first-order valence-corrected chi connectivity index (χ1v) is 7.29. The van der Waals surface area contributed by atoms with E-state index in [4.69, 9.17) is 0 Å². The molecule has 1 heterocycles. The van der Waals surface area contributed by atoms with Crippen LogP contribution < -0.4 is 5.32 Å². The average Bonchev–Trinajstić information content (AvgIpc) is 2.37. The summed E-state index contributed by atoms with van der Waals surface area (Å²) in [5.41, 5.74) is 3.32. The second-order valence-electron chi connectivity index (χ2n) is 4.46. The molecule has 0 bridgehead atoms. The minimum atomic E-state index is 0.817. The maximum Gasteiger partial charge on any atom is 0.192 e. The molecule has 0 aliphatic rings. The number of nitrogens with zero attached hydrogens (tertiary/aromatic N) is 2. The number of aromatic nitrogens is 2. The Bertz CT molecular complexity index is 517. The highest BCUT2D eigenvalue weighted by Gasteiger charge is 2.02. The number of nitrogens with one attached hydrogen (secondary N) is 1. The first-order chi connectivity index (χ1) is 9.17. The van der Waals surface area contributed by atoms with Crippen molar-refractivity contribution in [1.29, 1.82) is 0 Å². The van der Waals surface area contributed by atoms with Crippen molar-refractivity contribution in [3.63, 3.8) is 0 Å². The molecule has 0 amide bonds. The molecule has 0 fully saturated rings. The highest BCUT2D eigenvalue weighted by Crippen LogP contribution is 2.25. The summed E-state index contributed by atoms with van der Waals surface area (Å²) < 4.78 is 0. The molecule has 1 aromatic heterocycles. The molecule has 1 aromatic carbocycles. The van der Waals surface area contributed by atoms with Crippen LogP contribution in [-0.4, -0.2) is 16.5 Å². The van der Waals surface area contributed by atoms with Crippen molar-refractivity contribution in [2.75, 3.05) is 6.54 Å². The largest absolute Gasteiger partial charge is 0.313 e. The van der Waals surface area contributed by atoms with Gasteiger partial charge >= 0.3 is 0 Å². The third-order valence-electron chi connectivity index (χ3n) is 2.67. The van der Waals surface area contributed by atoms with Crippen molar-refractivity contribution in [3.05, 3.63) is 47.3 Å². The molecule has 0 unspecified atom stereocenters. The van der Waals surface area contributed by atoms with Crippen molar-refractivity contribution in [3.8, 4) is 0 Å². The van der Waals surface area contributed by atoms with Gasteiger partial charge in [-0.1, -0.05) is 19.1 Å². The summed E-state index contributed by atoms with van der Waals surface area (Å²) in [5.74, 6) is 0. The summed E-state index contributed by atoms with van der Waals surface area (Å²) in [7, 11) is 0. The molecule has 0 atom stereocenters. The van der Waals surface area contributed by atoms with Gasteiger partial charge in [0, 0.05) is 22.8 Å². The van der Waals surface area contributed by atoms with Gasteiger partial charge in [-0.25, -0.2) is 9.97 Å². The lowest BCUT2D eigenvalue weighted by Crippen LogP contribution is -2.11. The molecule has 0 saturated carbocycles. The van der Waals surface area contributed by atoms with Gasteiger partial charge in [-0.15, -0.1) is 0 Å². The van der Waals surface area contributed by atoms with E-state index in [9.17, 15) is 0 Å². The molecular formula is C15H19N3S. The van der Waals surface area contributed by atoms with Crippen LogP contribution in [0.5, 0.6) is 0 Å². The van der Waals surface area contributed by atoms with Gasteiger partial charge in [0.25, 0.3) is 0 Å². The Kier molecular flexibility index (Phi) is 4.93. The van der Waals surface area contributed by atoms with Crippen LogP contribution in [0.15, 0.2) is 40.4 Å². The van der Waals surface area contributed by atoms with Gasteiger partial charge in [0.15, 0.2) is 5.16 Å². The number of rotatable bonds is 5. The van der Waals surface area contributed by atoms with E-state index in [1.807, 2.05) is 19.9 Å². The molecule has 2 aromatic rings. The second kappa shape index (κ2) is 6.68. The fourth-order valence-electron chi connectivity index (χ4n) is 1.79. The van der Waals surface area contributed by atoms with Crippen LogP contribution in [-0.2, 0) is 6.54 Å². The zero-order valence-electron chi connectivity index (χ0n) is 11.6. The van der Waals surface area contributed by atoms with Crippen LogP contribution in [0.3, 0.4) is 0 Å². The van der Waals surface area contributed by atoms with Crippen LogP contribution in [0, 0.1) is 13.8 Å². The highest BCUT2D eigenvalue weighted by atomic mass is 32.2. The van der Waals surface area contributed by atoms with E-state index >= 15 is 0 Å². The second-order valence-corrected chi connectivity index (χ2v) is 5.50. The maximum atomic E-state index is 4.44. The van der Waals surface area contributed by atoms with E-state index in [2.05, 4.69) is 46.5 Å². The van der Waals surface area contributed by atoms with Gasteiger partial charge in [-0.05, 0) is 55.9 Å². The van der Waals surface area contributed by atoms with Gasteiger partial charge in [0.05, 0.1) is 0 Å². The monoisotopic (exact) mass is 273 g/mol. The highest BCUT2D eigenvalue weighted by molar-refractivity contribution is 7.99. The zero-order chi connectivity index (χ0) is 13.7. The molecule has 0 spiro atoms. The van der Waals surface area contributed by atoms with Crippen LogP contribution in [0.25, 0.3) is 0 Å². The lowest BCUT2D eigenvalue weighted by atomic mass is 10.2. The summed E-state index contributed by atoms with van der Waals surface area (Å²) in [6.45, 7) is 8.02. The molecule has 0 aliphatic heterocycles. The standard InChI is InChI=1S/C15H19N3S/c1-4-16-10-13-5-7-14(8-6-13)19-15-17-11(2)9-12(3)18-15/h5-9,16H,4,10H2,1-3H3. The Morgan fingerprint density at radius 2 is 1.68 bits per heavy atom. The normalized spacial score (nSPS) is 10.7. The fourth-order valence-corrected chi connectivity index (χ4v) is 2.65. The predicted octanol–water partition coefficient (Wildman–Crippen LogP) is 3.35. The third kappa shape index (κ3) is 4.33. The Hall–Kier alpha value is -1.39. The molecule has 100 valence electrons. The first kappa shape index (κ1) is 14.0. The summed E-state index contributed by atoms with van der Waals surface area (Å²) in [5, 5.41) is 4.13. The topological polar surface area (TPSA) is 37.8 Å². The Morgan fingerprint density at radius 1 is 1.05 bits per heavy atom. The van der Waals surface area contributed by atoms with Crippen LogP contribution in [0.2, 0.25) is 0 Å². The van der Waals surface area contributed by atoms with Gasteiger partial charge in [-0.2, -0.15) is 0 Å². The van der Waals surface area contributed by atoms with E-state index in [1.54, 1.807) is 11.8 Å². The summed E-state index contributed by atoms with van der Waals surface area (Å²) >= 11 is 1.61. The molecule has 2 rings (SSSR count). The van der Waals surface area contributed by atoms with Crippen LogP contribution in [0.4, 0.5) is 0 Å². The predicted molar refractivity (Wildman–Crippen MR) is 79.5 cm³/mol. The van der Waals surface area contributed by atoms with Crippen LogP contribution >= 0.6 is 11.8 Å². The first-order valence-electron chi connectivity index (χ1n) is 6.47. The Balaban J connectivity index is 2.06. The van der Waals surface area contributed by atoms with Gasteiger partial charge in [-0.3, -0.25) is 0 Å². The summed E-state index contributed by atoms with van der Waals surface area (Å²) in [6, 6.07) is 10.5. The van der Waals surface area contributed by atoms with E-state index in [1.165, 1.54) is 10.5 Å². The van der Waals surface area contributed by atoms with E-state index < -0.39 is 0 Å². The van der Waals surface area contributed by atoms with Crippen molar-refractivity contribution < 1.29 is 0 Å². The Labute approximate surface area is 118 Å². The van der Waals surface area contributed by atoms with Crippen molar-refractivity contribution >= 4 is 11.8 Å². The van der Waals surface area contributed by atoms with E-state index in [0.717, 1.165) is 29.6 Å². The number of benzene rings is 1. The smallest absolute Gasteiger partial charge is 0.192 e. The lowest BCUT2D eigenvalue weighted by molar-refractivity contribution is 0.726. The number of hydrogen-bond acceptors (Lipinski definition) is 4. The average molecular weight is 273 g/mol. The van der Waals surface area contributed by atoms with Gasteiger partial charge < -0.3 is 5.32 Å². The third-order valence-corrected chi connectivity index (χ3v) is 3.55. The Morgan fingerprint density at radius 3 is 2.26 bits per heavy atom. The maximum absolute atomic E-state index is 4.44. The molecule has 19 heavy (non-hydrogen) atoms. The van der Waals surface area contributed by atoms with Crippen LogP contribution in [0.1, 0.15) is 23.9 Å². The van der Waals surface area contributed by atoms with Gasteiger partial charge in [0.1, 0.15) is 0 Å². The fraction of sp³-hybridized carbons (Fsp3) is 0.333. The number of hydrogen-bond donors (Lipinski definition) is 1. The molecule has 0 saturated heterocycles. The molecule has 4 heteroatoms. The molecule has 1 N–H and O–H groups in total. The summed E-state index contributed by atoms with van der Waals surface area (Å²) in [6.07, 6.45) is 0. The van der Waals surface area contributed by atoms with Gasteiger partial charge in [0.2, 0.25) is 0 Å². The molecule has 0 aliphatic carbocycles. The molecule has 3 nitrogen and oxygen atoms in total. The van der Waals surface area contributed by atoms with E-state index in [-0.39, 0.29) is 0 Å². The zero-order valence-corrected chi connectivity index (χ0v) is 12.4. The minimum Gasteiger partial charge on any atom is -0.313 e. The molecule has 0 radical (unpaired) electrons. The van der Waals surface area contributed by atoms with E-state index in [0.29, 0.717) is 0 Å².